The van der Waals surface area contributed by atoms with Crippen LogP contribution in [-0.4, -0.2) is 16.8 Å². The van der Waals surface area contributed by atoms with E-state index >= 15 is 0 Å². The zero-order chi connectivity index (χ0) is 13.3. The second-order valence-electron chi connectivity index (χ2n) is 3.95. The molecule has 1 aromatic carbocycles. The van der Waals surface area contributed by atoms with Crippen LogP contribution in [-0.2, 0) is 6.54 Å². The molecular weight excluding hydrogens is 260 g/mol. The Morgan fingerprint density at radius 2 is 1.94 bits per heavy atom. The molecule has 1 heterocycles. The van der Waals surface area contributed by atoms with Crippen molar-refractivity contribution in [1.29, 1.82) is 0 Å². The molecule has 2 rings (SSSR count). The molecule has 0 radical (unpaired) electrons. The van der Waals surface area contributed by atoms with E-state index in [0.717, 1.165) is 4.68 Å². The number of hydrogen-bond acceptors (Lipinski definition) is 2. The van der Waals surface area contributed by atoms with E-state index in [2.05, 4.69) is 10.4 Å². The maximum Gasteiger partial charge on any atom is 0.152 e. The van der Waals surface area contributed by atoms with Gasteiger partial charge in [0, 0.05) is 12.7 Å². The van der Waals surface area contributed by atoms with E-state index in [9.17, 15) is 8.78 Å². The molecule has 0 unspecified atom stereocenters. The molecule has 1 aromatic heterocycles. The van der Waals surface area contributed by atoms with Crippen LogP contribution < -0.4 is 5.32 Å². The second kappa shape index (κ2) is 5.04. The number of aromatic nitrogens is 2. The monoisotopic (exact) mass is 271 g/mol. The molecule has 0 fully saturated rings. The van der Waals surface area contributed by atoms with Crippen molar-refractivity contribution < 1.29 is 8.78 Å². The van der Waals surface area contributed by atoms with Gasteiger partial charge in [0.25, 0.3) is 0 Å². The van der Waals surface area contributed by atoms with Crippen LogP contribution in [0, 0.1) is 18.6 Å². The summed E-state index contributed by atoms with van der Waals surface area (Å²) in [6.45, 7) is 2.07. The van der Waals surface area contributed by atoms with Crippen molar-refractivity contribution in [2.75, 3.05) is 7.05 Å². The predicted molar refractivity (Wildman–Crippen MR) is 66.0 cm³/mol. The van der Waals surface area contributed by atoms with Crippen molar-refractivity contribution in [2.24, 2.45) is 0 Å². The Morgan fingerprint density at radius 3 is 2.39 bits per heavy atom. The van der Waals surface area contributed by atoms with E-state index in [-0.39, 0.29) is 5.69 Å². The molecule has 18 heavy (non-hydrogen) atoms. The summed E-state index contributed by atoms with van der Waals surface area (Å²) in [5.74, 6) is -1.33. The number of nitrogens with zero attached hydrogens (tertiary/aromatic N) is 2. The smallest absolute Gasteiger partial charge is 0.152 e. The Kier molecular flexibility index (Phi) is 3.63. The molecule has 0 atom stereocenters. The highest BCUT2D eigenvalue weighted by Crippen LogP contribution is 2.22. The lowest BCUT2D eigenvalue weighted by atomic mass is 10.2. The molecule has 0 spiro atoms. The van der Waals surface area contributed by atoms with E-state index in [1.54, 1.807) is 14.0 Å². The highest BCUT2D eigenvalue weighted by molar-refractivity contribution is 6.31. The largest absolute Gasteiger partial charge is 0.316 e. The molecule has 6 heteroatoms. The number of aryl methyl sites for hydroxylation is 1. The molecule has 0 saturated heterocycles. The van der Waals surface area contributed by atoms with E-state index in [4.69, 9.17) is 11.6 Å². The number of benzene rings is 1. The predicted octanol–water partition coefficient (Wildman–Crippen LogP) is 2.83. The van der Waals surface area contributed by atoms with Gasteiger partial charge in [0.15, 0.2) is 11.6 Å². The maximum atomic E-state index is 13.9. The van der Waals surface area contributed by atoms with Gasteiger partial charge in [0.2, 0.25) is 0 Å². The van der Waals surface area contributed by atoms with Gasteiger partial charge in [0.05, 0.1) is 10.7 Å². The summed E-state index contributed by atoms with van der Waals surface area (Å²) in [5.41, 5.74) is 0.839. The lowest BCUT2D eigenvalue weighted by Crippen LogP contribution is -2.08. The number of nitrogens with one attached hydrogen (secondary N) is 1. The van der Waals surface area contributed by atoms with Crippen LogP contribution >= 0.6 is 11.6 Å². The summed E-state index contributed by atoms with van der Waals surface area (Å²) in [6, 6.07) is 2.56. The van der Waals surface area contributed by atoms with Crippen LogP contribution in [0.5, 0.6) is 0 Å². The Bertz CT molecular complexity index is 538. The third-order valence-corrected chi connectivity index (χ3v) is 2.90. The molecule has 0 aliphatic carbocycles. The summed E-state index contributed by atoms with van der Waals surface area (Å²) in [6.07, 6.45) is 1.39. The van der Waals surface area contributed by atoms with Crippen LogP contribution in [0.1, 0.15) is 11.3 Å². The minimum atomic E-state index is -0.667. The first-order chi connectivity index (χ1) is 8.52. The minimum Gasteiger partial charge on any atom is -0.316 e. The van der Waals surface area contributed by atoms with Crippen molar-refractivity contribution in [3.05, 3.63) is 46.2 Å². The normalized spacial score (nSPS) is 10.9. The third kappa shape index (κ3) is 2.37. The maximum absolute atomic E-state index is 13.9. The van der Waals surface area contributed by atoms with Crippen LogP contribution in [0.4, 0.5) is 8.78 Å². The van der Waals surface area contributed by atoms with E-state index < -0.39 is 11.6 Å². The summed E-state index contributed by atoms with van der Waals surface area (Å²) in [5, 5.41) is 7.17. The summed E-state index contributed by atoms with van der Waals surface area (Å²) in [4.78, 5) is 0. The van der Waals surface area contributed by atoms with Gasteiger partial charge in [-0.25, -0.2) is 13.5 Å². The zero-order valence-corrected chi connectivity index (χ0v) is 10.7. The number of rotatable bonds is 3. The van der Waals surface area contributed by atoms with Crippen LogP contribution in [0.3, 0.4) is 0 Å². The van der Waals surface area contributed by atoms with Crippen LogP contribution in [0.15, 0.2) is 18.3 Å². The number of hydrogen-bond donors (Lipinski definition) is 1. The van der Waals surface area contributed by atoms with E-state index in [0.29, 0.717) is 22.8 Å². The molecule has 0 amide bonds. The average Bonchev–Trinajstić information content (AvgIpc) is 2.58. The van der Waals surface area contributed by atoms with Crippen molar-refractivity contribution >= 4 is 11.6 Å². The SMILES string of the molecule is CNCc1cc(F)c(-n2cc(Cl)c(C)n2)c(F)c1. The van der Waals surface area contributed by atoms with Crippen LogP contribution in [0.25, 0.3) is 5.69 Å². The summed E-state index contributed by atoms with van der Waals surface area (Å²) in [7, 11) is 1.71. The molecule has 0 saturated carbocycles. The molecule has 0 bridgehead atoms. The van der Waals surface area contributed by atoms with Gasteiger partial charge in [0.1, 0.15) is 5.69 Å². The Hall–Kier alpha value is -1.46. The first-order valence-electron chi connectivity index (χ1n) is 5.37. The average molecular weight is 272 g/mol. The van der Waals surface area contributed by atoms with E-state index in [1.807, 2.05) is 0 Å². The van der Waals surface area contributed by atoms with Gasteiger partial charge in [-0.2, -0.15) is 5.10 Å². The van der Waals surface area contributed by atoms with Crippen molar-refractivity contribution in [2.45, 2.75) is 13.5 Å². The van der Waals surface area contributed by atoms with Gasteiger partial charge >= 0.3 is 0 Å². The van der Waals surface area contributed by atoms with Gasteiger partial charge < -0.3 is 5.32 Å². The lowest BCUT2D eigenvalue weighted by Gasteiger charge is -2.07. The fourth-order valence-corrected chi connectivity index (χ4v) is 1.83. The molecule has 0 aliphatic rings. The van der Waals surface area contributed by atoms with Gasteiger partial charge in [-0.1, -0.05) is 11.6 Å². The Labute approximate surface area is 108 Å². The fraction of sp³-hybridized carbons (Fsp3) is 0.250. The van der Waals surface area contributed by atoms with Crippen molar-refractivity contribution in [1.82, 2.24) is 15.1 Å². The molecule has 1 N–H and O–H groups in total. The topological polar surface area (TPSA) is 29.9 Å². The molecular formula is C12H12ClF2N3. The minimum absolute atomic E-state index is 0.218. The quantitative estimate of drug-likeness (QED) is 0.930. The fourth-order valence-electron chi connectivity index (χ4n) is 1.70. The highest BCUT2D eigenvalue weighted by atomic mass is 35.5. The first kappa shape index (κ1) is 13.0. The number of halogens is 3. The Balaban J connectivity index is 2.51. The van der Waals surface area contributed by atoms with Gasteiger partial charge in [-0.3, -0.25) is 0 Å². The van der Waals surface area contributed by atoms with Gasteiger partial charge in [-0.05, 0) is 31.7 Å². The molecule has 96 valence electrons. The molecule has 3 nitrogen and oxygen atoms in total. The summed E-state index contributed by atoms with van der Waals surface area (Å²) >= 11 is 5.83. The summed E-state index contributed by atoms with van der Waals surface area (Å²) < 4.78 is 28.9. The second-order valence-corrected chi connectivity index (χ2v) is 4.35. The lowest BCUT2D eigenvalue weighted by molar-refractivity contribution is 0.555. The van der Waals surface area contributed by atoms with Gasteiger partial charge in [-0.15, -0.1) is 0 Å². The van der Waals surface area contributed by atoms with E-state index in [1.165, 1.54) is 18.3 Å². The highest BCUT2D eigenvalue weighted by Gasteiger charge is 2.15. The van der Waals surface area contributed by atoms with Crippen molar-refractivity contribution in [3.63, 3.8) is 0 Å². The Morgan fingerprint density at radius 1 is 1.33 bits per heavy atom. The third-order valence-electron chi connectivity index (χ3n) is 2.53. The van der Waals surface area contributed by atoms with Crippen molar-refractivity contribution in [3.8, 4) is 5.69 Å². The van der Waals surface area contributed by atoms with Crippen LogP contribution in [0.2, 0.25) is 5.02 Å². The first-order valence-corrected chi connectivity index (χ1v) is 5.75. The molecule has 0 aliphatic heterocycles. The standard InChI is InChI=1S/C12H12ClF2N3/c1-7-9(13)6-18(17-7)12-10(14)3-8(5-16-2)4-11(12)15/h3-4,6,16H,5H2,1-2H3. The molecule has 2 aromatic rings. The zero-order valence-electron chi connectivity index (χ0n) is 9.97.